The third kappa shape index (κ3) is 3.07. The third-order valence-electron chi connectivity index (χ3n) is 3.65. The van der Waals surface area contributed by atoms with Gasteiger partial charge in [-0.2, -0.15) is 0 Å². The Morgan fingerprint density at radius 3 is 2.53 bits per heavy atom. The lowest BCUT2D eigenvalue weighted by Crippen LogP contribution is -2.46. The van der Waals surface area contributed by atoms with Crippen LogP contribution in [0.3, 0.4) is 0 Å². The Bertz CT molecular complexity index is 428. The number of morpholine rings is 1. The molecule has 106 valence electrons. The first kappa shape index (κ1) is 14.3. The molecule has 0 aromatic heterocycles. The number of hydrogen-bond acceptors (Lipinski definition) is 3. The second-order valence-electron chi connectivity index (χ2n) is 5.35. The quantitative estimate of drug-likeness (QED) is 0.910. The Hall–Kier alpha value is -1.13. The molecule has 1 aromatic rings. The van der Waals surface area contributed by atoms with E-state index in [0.29, 0.717) is 5.69 Å². The van der Waals surface area contributed by atoms with Crippen molar-refractivity contribution in [3.05, 3.63) is 29.6 Å². The van der Waals surface area contributed by atoms with E-state index in [1.807, 2.05) is 33.9 Å². The molecule has 0 bridgehead atoms. The van der Waals surface area contributed by atoms with Crippen LogP contribution in [0.2, 0.25) is 0 Å². The van der Waals surface area contributed by atoms with Crippen molar-refractivity contribution in [1.29, 1.82) is 0 Å². The van der Waals surface area contributed by atoms with Crippen LogP contribution in [0, 0.1) is 5.82 Å². The molecule has 0 saturated carbocycles. The van der Waals surface area contributed by atoms with Gasteiger partial charge in [-0.15, -0.1) is 0 Å². The molecule has 4 heteroatoms. The molecule has 0 radical (unpaired) electrons. The molecular weight excluding hydrogens is 243 g/mol. The van der Waals surface area contributed by atoms with Gasteiger partial charge in [0.1, 0.15) is 5.82 Å². The predicted molar refractivity (Wildman–Crippen MR) is 76.1 cm³/mol. The van der Waals surface area contributed by atoms with Gasteiger partial charge in [0.05, 0.1) is 17.9 Å². The summed E-state index contributed by atoms with van der Waals surface area (Å²) in [5.74, 6) is -0.152. The summed E-state index contributed by atoms with van der Waals surface area (Å²) in [6.07, 6.45) is 0.252. The fraction of sp³-hybridized carbons (Fsp3) is 0.600. The number of rotatable bonds is 3. The molecular formula is C15H23FN2O. The number of ether oxygens (including phenoxy) is 1. The fourth-order valence-electron chi connectivity index (χ4n) is 2.73. The zero-order chi connectivity index (χ0) is 14.0. The number of nitrogens with one attached hydrogen (secondary N) is 1. The Morgan fingerprint density at radius 1 is 1.32 bits per heavy atom. The molecule has 0 amide bonds. The van der Waals surface area contributed by atoms with Gasteiger partial charge in [0, 0.05) is 19.1 Å². The number of halogens is 1. The maximum absolute atomic E-state index is 14.3. The molecule has 3 unspecified atom stereocenters. The van der Waals surface area contributed by atoms with Crippen LogP contribution in [0.4, 0.5) is 10.1 Å². The molecule has 3 nitrogen and oxygen atoms in total. The molecule has 1 aliphatic heterocycles. The van der Waals surface area contributed by atoms with Crippen molar-refractivity contribution in [3.63, 3.8) is 0 Å². The number of para-hydroxylation sites is 1. The first-order valence-electron chi connectivity index (χ1n) is 6.89. The summed E-state index contributed by atoms with van der Waals surface area (Å²) in [6.45, 7) is 7.57. The summed E-state index contributed by atoms with van der Waals surface area (Å²) in [6, 6.07) is 5.42. The van der Waals surface area contributed by atoms with Gasteiger partial charge in [0.15, 0.2) is 0 Å². The minimum atomic E-state index is -0.152. The van der Waals surface area contributed by atoms with Crippen molar-refractivity contribution in [2.75, 3.05) is 25.0 Å². The van der Waals surface area contributed by atoms with E-state index in [4.69, 9.17) is 4.74 Å². The summed E-state index contributed by atoms with van der Waals surface area (Å²) in [4.78, 5) is 2.11. The molecule has 1 saturated heterocycles. The lowest BCUT2D eigenvalue weighted by atomic mass is 10.0. The van der Waals surface area contributed by atoms with E-state index in [9.17, 15) is 4.39 Å². The highest BCUT2D eigenvalue weighted by Gasteiger charge is 2.26. The van der Waals surface area contributed by atoms with Crippen LogP contribution in [-0.4, -0.2) is 32.3 Å². The first-order chi connectivity index (χ1) is 9.02. The molecule has 1 aliphatic rings. The van der Waals surface area contributed by atoms with Crippen LogP contribution in [0.25, 0.3) is 0 Å². The van der Waals surface area contributed by atoms with E-state index in [2.05, 4.69) is 10.2 Å². The summed E-state index contributed by atoms with van der Waals surface area (Å²) < 4.78 is 20.0. The number of benzene rings is 1. The Labute approximate surface area is 114 Å². The molecule has 1 fully saturated rings. The van der Waals surface area contributed by atoms with Gasteiger partial charge in [-0.05, 0) is 39.4 Å². The van der Waals surface area contributed by atoms with E-state index >= 15 is 0 Å². The smallest absolute Gasteiger partial charge is 0.146 e. The van der Waals surface area contributed by atoms with E-state index in [-0.39, 0.29) is 24.1 Å². The fourth-order valence-corrected chi connectivity index (χ4v) is 2.73. The lowest BCUT2D eigenvalue weighted by molar-refractivity contribution is -0.00546. The van der Waals surface area contributed by atoms with Gasteiger partial charge in [-0.25, -0.2) is 4.39 Å². The van der Waals surface area contributed by atoms with Crippen molar-refractivity contribution in [1.82, 2.24) is 5.32 Å². The minimum Gasteiger partial charge on any atom is -0.372 e. The van der Waals surface area contributed by atoms with Gasteiger partial charge in [0.25, 0.3) is 0 Å². The van der Waals surface area contributed by atoms with Crippen molar-refractivity contribution >= 4 is 5.69 Å². The SMILES string of the molecule is CNC(C)c1cccc(F)c1N1CC(C)OC(C)C1. The molecule has 0 aliphatic carbocycles. The van der Waals surface area contributed by atoms with Gasteiger partial charge in [-0.1, -0.05) is 12.1 Å². The van der Waals surface area contributed by atoms with E-state index in [1.165, 1.54) is 6.07 Å². The predicted octanol–water partition coefficient (Wildman–Crippen LogP) is 2.72. The van der Waals surface area contributed by atoms with Gasteiger partial charge < -0.3 is 15.0 Å². The second-order valence-corrected chi connectivity index (χ2v) is 5.35. The maximum Gasteiger partial charge on any atom is 0.146 e. The molecule has 1 aromatic carbocycles. The molecule has 2 rings (SSSR count). The largest absolute Gasteiger partial charge is 0.372 e. The van der Waals surface area contributed by atoms with Crippen molar-refractivity contribution in [3.8, 4) is 0 Å². The number of anilines is 1. The highest BCUT2D eigenvalue weighted by molar-refractivity contribution is 5.56. The van der Waals surface area contributed by atoms with Crippen LogP contribution < -0.4 is 10.2 Å². The summed E-state index contributed by atoms with van der Waals surface area (Å²) in [7, 11) is 1.89. The van der Waals surface area contributed by atoms with E-state index in [0.717, 1.165) is 18.7 Å². The maximum atomic E-state index is 14.3. The molecule has 1 N–H and O–H groups in total. The van der Waals surface area contributed by atoms with Crippen molar-refractivity contribution in [2.24, 2.45) is 0 Å². The topological polar surface area (TPSA) is 24.5 Å². The Morgan fingerprint density at radius 2 is 1.95 bits per heavy atom. The average Bonchev–Trinajstić information content (AvgIpc) is 2.36. The van der Waals surface area contributed by atoms with Crippen LogP contribution in [0.5, 0.6) is 0 Å². The zero-order valence-electron chi connectivity index (χ0n) is 12.1. The summed E-state index contributed by atoms with van der Waals surface area (Å²) in [5, 5.41) is 3.19. The van der Waals surface area contributed by atoms with Crippen LogP contribution in [0.1, 0.15) is 32.4 Å². The van der Waals surface area contributed by atoms with Gasteiger partial charge in [0.2, 0.25) is 0 Å². The van der Waals surface area contributed by atoms with E-state index in [1.54, 1.807) is 6.07 Å². The third-order valence-corrected chi connectivity index (χ3v) is 3.65. The zero-order valence-corrected chi connectivity index (χ0v) is 12.1. The number of nitrogens with zero attached hydrogens (tertiary/aromatic N) is 1. The number of hydrogen-bond donors (Lipinski definition) is 1. The molecule has 1 heterocycles. The van der Waals surface area contributed by atoms with Crippen molar-refractivity contribution < 1.29 is 9.13 Å². The minimum absolute atomic E-state index is 0.124. The molecule has 19 heavy (non-hydrogen) atoms. The van der Waals surface area contributed by atoms with Crippen LogP contribution in [-0.2, 0) is 4.74 Å². The standard InChI is InChI=1S/C15H23FN2O/c1-10-8-18(9-11(2)19-10)15-13(12(3)17-4)6-5-7-14(15)16/h5-7,10-12,17H,8-9H2,1-4H3. The Kier molecular flexibility index (Phi) is 4.42. The lowest BCUT2D eigenvalue weighted by Gasteiger charge is -2.38. The van der Waals surface area contributed by atoms with Crippen LogP contribution in [0.15, 0.2) is 18.2 Å². The van der Waals surface area contributed by atoms with Crippen molar-refractivity contribution in [2.45, 2.75) is 39.0 Å². The highest BCUT2D eigenvalue weighted by Crippen LogP contribution is 2.31. The van der Waals surface area contributed by atoms with E-state index < -0.39 is 0 Å². The van der Waals surface area contributed by atoms with Gasteiger partial charge >= 0.3 is 0 Å². The summed E-state index contributed by atoms with van der Waals surface area (Å²) >= 11 is 0. The first-order valence-corrected chi connectivity index (χ1v) is 6.89. The monoisotopic (exact) mass is 266 g/mol. The average molecular weight is 266 g/mol. The molecule has 3 atom stereocenters. The van der Waals surface area contributed by atoms with Gasteiger partial charge in [-0.3, -0.25) is 0 Å². The second kappa shape index (κ2) is 5.88. The summed E-state index contributed by atoms with van der Waals surface area (Å²) in [5.41, 5.74) is 1.72. The highest BCUT2D eigenvalue weighted by atomic mass is 19.1. The van der Waals surface area contributed by atoms with Crippen LogP contribution >= 0.6 is 0 Å². The molecule has 0 spiro atoms. The normalized spacial score (nSPS) is 25.4. The Balaban J connectivity index is 2.37.